The number of allylic oxidation sites excluding steroid dienone is 1. The molecule has 0 aromatic heterocycles. The molecule has 8 nitrogen and oxygen atoms in total. The summed E-state index contributed by atoms with van der Waals surface area (Å²) in [5.41, 5.74) is 1.26. The van der Waals surface area contributed by atoms with Crippen molar-refractivity contribution < 1.29 is 69.0 Å². The standard InChI is InChI=1S/C25H36O8.Na/c1-24-9-7-13(26)11-12(24)3-4-14-15-5-6-17(25(15,2)10-8-16(14)24)32-23-20(29)18(27)19(28)21(33-23)22(30)31;/h11,14-21,23,27-29H,3-10H2,1-2H3,(H,30,31);/q;+1/p-1/t14-,15-,16-,17-,18?,19?,20?,21?,23?,24-,25-;/m1./s1. The molecule has 34 heavy (non-hydrogen) atoms. The van der Waals surface area contributed by atoms with E-state index in [9.17, 15) is 30.0 Å². The summed E-state index contributed by atoms with van der Waals surface area (Å²) < 4.78 is 11.5. The minimum Gasteiger partial charge on any atom is -0.547 e. The number of carbonyl (C=O) groups is 2. The third kappa shape index (κ3) is 4.06. The molecule has 9 heteroatoms. The Morgan fingerprint density at radius 2 is 1.76 bits per heavy atom. The molecule has 5 aliphatic rings. The molecule has 3 N–H and O–H groups in total. The van der Waals surface area contributed by atoms with Gasteiger partial charge >= 0.3 is 29.6 Å². The molecule has 0 spiro atoms. The summed E-state index contributed by atoms with van der Waals surface area (Å²) >= 11 is 0. The van der Waals surface area contributed by atoms with Crippen LogP contribution in [0, 0.1) is 28.6 Å². The summed E-state index contributed by atoms with van der Waals surface area (Å²) in [6.07, 6.45) is 0.854. The molecule has 4 fully saturated rings. The number of carboxylic acids is 1. The number of hydrogen-bond acceptors (Lipinski definition) is 8. The van der Waals surface area contributed by atoms with Gasteiger partial charge in [0.15, 0.2) is 12.1 Å². The number of ketones is 1. The summed E-state index contributed by atoms with van der Waals surface area (Å²) in [6, 6.07) is 0. The smallest absolute Gasteiger partial charge is 0.547 e. The van der Waals surface area contributed by atoms with Crippen LogP contribution in [-0.2, 0) is 19.1 Å². The van der Waals surface area contributed by atoms with Crippen LogP contribution >= 0.6 is 0 Å². The number of carbonyl (C=O) groups excluding carboxylic acids is 2. The second kappa shape index (κ2) is 9.53. The van der Waals surface area contributed by atoms with Crippen LogP contribution in [0.25, 0.3) is 0 Å². The van der Waals surface area contributed by atoms with Crippen molar-refractivity contribution >= 4 is 11.8 Å². The van der Waals surface area contributed by atoms with Crippen LogP contribution in [0.1, 0.15) is 65.2 Å². The van der Waals surface area contributed by atoms with E-state index in [1.54, 1.807) is 0 Å². The average Bonchev–Trinajstić information content (AvgIpc) is 3.10. The largest absolute Gasteiger partial charge is 1.00 e. The van der Waals surface area contributed by atoms with Crippen molar-refractivity contribution in [2.45, 2.75) is 102 Å². The Bertz CT molecular complexity index is 862. The molecule has 11 atom stereocenters. The molecule has 3 saturated carbocycles. The first kappa shape index (κ1) is 26.7. The molecule has 1 saturated heterocycles. The number of aliphatic hydroxyl groups is 3. The SMILES string of the molecule is C[C@@]12CC[C@@H]3[C@H](CCC4=CC(=O)CC[C@]43C)[C@H]1CC[C@H]2OC1OC(C(=O)[O-])C(O)C(O)C1O.[Na+]. The van der Waals surface area contributed by atoms with E-state index in [1.807, 2.05) is 6.08 Å². The number of carboxylic acid groups (broad SMARTS) is 1. The molecule has 4 aliphatic carbocycles. The Hall–Kier alpha value is -0.320. The van der Waals surface area contributed by atoms with Crippen molar-refractivity contribution in [3.8, 4) is 0 Å². The number of ether oxygens (including phenoxy) is 2. The number of rotatable bonds is 3. The quantitative estimate of drug-likeness (QED) is 0.372. The zero-order chi connectivity index (χ0) is 23.7. The van der Waals surface area contributed by atoms with Gasteiger partial charge in [0, 0.05) is 6.42 Å². The van der Waals surface area contributed by atoms with Gasteiger partial charge < -0.3 is 34.7 Å². The maximum atomic E-state index is 12.0. The van der Waals surface area contributed by atoms with Crippen molar-refractivity contribution in [1.82, 2.24) is 0 Å². The molecule has 1 heterocycles. The Labute approximate surface area is 222 Å². The molecular formula is C25H35NaO8. The van der Waals surface area contributed by atoms with E-state index in [0.29, 0.717) is 24.2 Å². The minimum absolute atomic E-state index is 0. The molecule has 0 radical (unpaired) electrons. The number of aliphatic hydroxyl groups excluding tert-OH is 3. The van der Waals surface area contributed by atoms with Crippen LogP contribution in [0.5, 0.6) is 0 Å². The van der Waals surface area contributed by atoms with Gasteiger partial charge in [0.1, 0.15) is 24.4 Å². The van der Waals surface area contributed by atoms with E-state index in [1.165, 1.54) is 5.57 Å². The average molecular weight is 487 g/mol. The van der Waals surface area contributed by atoms with E-state index in [4.69, 9.17) is 9.47 Å². The second-order valence-corrected chi connectivity index (χ2v) is 11.4. The van der Waals surface area contributed by atoms with Gasteiger partial charge in [-0.05, 0) is 79.6 Å². The number of hydrogen-bond donors (Lipinski definition) is 3. The molecule has 5 rings (SSSR count). The Morgan fingerprint density at radius 3 is 2.47 bits per heavy atom. The minimum atomic E-state index is -1.78. The van der Waals surface area contributed by atoms with Crippen molar-refractivity contribution in [2.24, 2.45) is 28.6 Å². The molecule has 184 valence electrons. The van der Waals surface area contributed by atoms with E-state index >= 15 is 0 Å². The number of aliphatic carboxylic acids is 1. The van der Waals surface area contributed by atoms with E-state index in [2.05, 4.69) is 13.8 Å². The van der Waals surface area contributed by atoms with Gasteiger partial charge in [-0.25, -0.2) is 0 Å². The first-order chi connectivity index (χ1) is 15.6. The number of fused-ring (bicyclic) bond motifs is 5. The van der Waals surface area contributed by atoms with Gasteiger partial charge in [-0.15, -0.1) is 0 Å². The van der Waals surface area contributed by atoms with Crippen LogP contribution in [0.3, 0.4) is 0 Å². The summed E-state index contributed by atoms with van der Waals surface area (Å²) in [7, 11) is 0. The summed E-state index contributed by atoms with van der Waals surface area (Å²) in [4.78, 5) is 23.4. The van der Waals surface area contributed by atoms with Gasteiger partial charge in [-0.2, -0.15) is 0 Å². The topological polar surface area (TPSA) is 136 Å². The molecule has 0 bridgehead atoms. The van der Waals surface area contributed by atoms with Crippen LogP contribution in [0.4, 0.5) is 0 Å². The fourth-order valence-corrected chi connectivity index (χ4v) is 8.05. The van der Waals surface area contributed by atoms with Gasteiger partial charge in [0.05, 0.1) is 12.1 Å². The summed E-state index contributed by atoms with van der Waals surface area (Å²) in [5.74, 6) is 0.115. The second-order valence-electron chi connectivity index (χ2n) is 11.4. The predicted octanol–water partition coefficient (Wildman–Crippen LogP) is -2.53. The van der Waals surface area contributed by atoms with Gasteiger partial charge in [0.2, 0.25) is 0 Å². The molecule has 0 amide bonds. The fraction of sp³-hybridized carbons (Fsp3) is 0.840. The van der Waals surface area contributed by atoms with E-state index < -0.39 is 36.7 Å². The monoisotopic (exact) mass is 486 g/mol. The van der Waals surface area contributed by atoms with Gasteiger partial charge in [-0.3, -0.25) is 4.79 Å². The molecule has 0 aromatic rings. The van der Waals surface area contributed by atoms with Crippen molar-refractivity contribution in [1.29, 1.82) is 0 Å². The first-order valence-corrected chi connectivity index (χ1v) is 12.4. The third-order valence-electron chi connectivity index (χ3n) is 9.98. The Balaban J connectivity index is 0.00000274. The van der Waals surface area contributed by atoms with Gasteiger partial charge in [-0.1, -0.05) is 19.4 Å². The first-order valence-electron chi connectivity index (χ1n) is 12.4. The molecular weight excluding hydrogens is 451 g/mol. The molecule has 0 aromatic carbocycles. The Kier molecular flexibility index (Phi) is 7.49. The normalized spacial score (nSPS) is 50.3. The third-order valence-corrected chi connectivity index (χ3v) is 9.98. The van der Waals surface area contributed by atoms with Crippen LogP contribution < -0.4 is 34.7 Å². The van der Waals surface area contributed by atoms with Crippen molar-refractivity contribution in [2.75, 3.05) is 0 Å². The summed E-state index contributed by atoms with van der Waals surface area (Å²) in [6.45, 7) is 4.56. The van der Waals surface area contributed by atoms with Crippen LogP contribution in [0.2, 0.25) is 0 Å². The van der Waals surface area contributed by atoms with Crippen molar-refractivity contribution in [3.63, 3.8) is 0 Å². The predicted molar refractivity (Wildman–Crippen MR) is 113 cm³/mol. The maximum absolute atomic E-state index is 12.0. The fourth-order valence-electron chi connectivity index (χ4n) is 8.05. The van der Waals surface area contributed by atoms with Crippen LogP contribution in [0.15, 0.2) is 11.6 Å². The molecule has 5 unspecified atom stereocenters. The van der Waals surface area contributed by atoms with E-state index in [0.717, 1.165) is 44.9 Å². The molecule has 1 aliphatic heterocycles. The van der Waals surface area contributed by atoms with Crippen LogP contribution in [-0.4, -0.2) is 63.9 Å². The Morgan fingerprint density at radius 1 is 1.03 bits per heavy atom. The maximum Gasteiger partial charge on any atom is 1.00 e. The zero-order valence-electron chi connectivity index (χ0n) is 20.3. The zero-order valence-corrected chi connectivity index (χ0v) is 22.3. The van der Waals surface area contributed by atoms with E-state index in [-0.39, 0.29) is 52.3 Å². The van der Waals surface area contributed by atoms with Gasteiger partial charge in [0.25, 0.3) is 0 Å². The summed E-state index contributed by atoms with van der Waals surface area (Å²) in [5, 5.41) is 41.8. The van der Waals surface area contributed by atoms with Crippen molar-refractivity contribution in [3.05, 3.63) is 11.6 Å².